The third-order valence-corrected chi connectivity index (χ3v) is 3.14. The highest BCUT2D eigenvalue weighted by Crippen LogP contribution is 2.28. The summed E-state index contributed by atoms with van der Waals surface area (Å²) in [5.74, 6) is -0.0604. The van der Waals surface area contributed by atoms with Crippen molar-refractivity contribution in [3.8, 4) is 0 Å². The highest BCUT2D eigenvalue weighted by molar-refractivity contribution is 9.10. The molecule has 2 rings (SSSR count). The van der Waals surface area contributed by atoms with Crippen molar-refractivity contribution in [2.24, 2.45) is 0 Å². The highest BCUT2D eigenvalue weighted by atomic mass is 79.9. The number of Topliss-reactive ketones (excluding diaryl/α,β-unsaturated/α-hetero) is 1. The predicted octanol–water partition coefficient (Wildman–Crippen LogP) is 3.74. The fourth-order valence-corrected chi connectivity index (χ4v) is 2.25. The Morgan fingerprint density at radius 2 is 2.27 bits per heavy atom. The summed E-state index contributed by atoms with van der Waals surface area (Å²) in [5, 5.41) is 0.395. The molecule has 0 aliphatic rings. The Morgan fingerprint density at radius 1 is 1.53 bits per heavy atom. The largest absolute Gasteiger partial charge is 0.360 e. The van der Waals surface area contributed by atoms with Crippen molar-refractivity contribution in [3.63, 3.8) is 0 Å². The van der Waals surface area contributed by atoms with Gasteiger partial charge in [0.05, 0.1) is 5.38 Å². The maximum Gasteiger partial charge on any atom is 0.182 e. The molecule has 78 valence electrons. The maximum absolute atomic E-state index is 11.8. The molecule has 0 aliphatic heterocycles. The van der Waals surface area contributed by atoms with Gasteiger partial charge in [0.15, 0.2) is 5.78 Å². The molecule has 0 radical (unpaired) electrons. The molecular formula is C11H9BrClNO. The molecule has 4 heteroatoms. The molecule has 0 bridgehead atoms. The van der Waals surface area contributed by atoms with E-state index in [9.17, 15) is 4.79 Å². The minimum Gasteiger partial charge on any atom is -0.360 e. The lowest BCUT2D eigenvalue weighted by Crippen LogP contribution is -2.09. The fraction of sp³-hybridized carbons (Fsp3) is 0.182. The van der Waals surface area contributed by atoms with E-state index in [4.69, 9.17) is 11.6 Å². The molecule has 1 unspecified atom stereocenters. The molecule has 0 saturated carbocycles. The number of hydrogen-bond donors (Lipinski definition) is 1. The van der Waals surface area contributed by atoms with Gasteiger partial charge in [-0.3, -0.25) is 4.79 Å². The SMILES string of the molecule is CC(Cl)C(=O)c1c[nH]c2cccc(Br)c12. The van der Waals surface area contributed by atoms with E-state index in [0.717, 1.165) is 15.4 Å². The van der Waals surface area contributed by atoms with Crippen LogP contribution in [0.2, 0.25) is 0 Å². The van der Waals surface area contributed by atoms with Gasteiger partial charge in [-0.15, -0.1) is 11.6 Å². The van der Waals surface area contributed by atoms with Crippen LogP contribution in [0.1, 0.15) is 17.3 Å². The van der Waals surface area contributed by atoms with Gasteiger partial charge in [0.2, 0.25) is 0 Å². The normalized spacial score (nSPS) is 13.0. The lowest BCUT2D eigenvalue weighted by Gasteiger charge is -2.01. The molecule has 1 aromatic heterocycles. The molecule has 1 heterocycles. The second kappa shape index (κ2) is 3.99. The second-order valence-electron chi connectivity index (χ2n) is 3.34. The van der Waals surface area contributed by atoms with Gasteiger partial charge in [0.1, 0.15) is 0 Å². The number of aromatic amines is 1. The van der Waals surface area contributed by atoms with E-state index in [1.807, 2.05) is 18.2 Å². The van der Waals surface area contributed by atoms with Crippen molar-refractivity contribution in [2.75, 3.05) is 0 Å². The average Bonchev–Trinajstić information content (AvgIpc) is 2.61. The van der Waals surface area contributed by atoms with Crippen molar-refractivity contribution in [2.45, 2.75) is 12.3 Å². The average molecular weight is 287 g/mol. The Kier molecular flexibility index (Phi) is 2.85. The molecule has 0 amide bonds. The van der Waals surface area contributed by atoms with Crippen LogP contribution in [0, 0.1) is 0 Å². The number of carbonyl (C=O) groups excluding carboxylic acids is 1. The minimum atomic E-state index is -0.504. The number of halogens is 2. The first-order valence-electron chi connectivity index (χ1n) is 4.55. The number of rotatable bonds is 2. The number of fused-ring (bicyclic) bond motifs is 1. The first-order valence-corrected chi connectivity index (χ1v) is 5.78. The van der Waals surface area contributed by atoms with Gasteiger partial charge in [-0.2, -0.15) is 0 Å². The summed E-state index contributed by atoms with van der Waals surface area (Å²) in [6.45, 7) is 1.68. The van der Waals surface area contributed by atoms with Crippen LogP contribution in [0.25, 0.3) is 10.9 Å². The van der Waals surface area contributed by atoms with Gasteiger partial charge in [0.25, 0.3) is 0 Å². The first kappa shape index (κ1) is 10.7. The topological polar surface area (TPSA) is 32.9 Å². The number of carbonyl (C=O) groups is 1. The maximum atomic E-state index is 11.8. The van der Waals surface area contributed by atoms with Crippen LogP contribution in [0.3, 0.4) is 0 Å². The van der Waals surface area contributed by atoms with Crippen molar-refractivity contribution >= 4 is 44.2 Å². The molecule has 1 aromatic carbocycles. The third kappa shape index (κ3) is 1.82. The van der Waals surface area contributed by atoms with E-state index in [1.54, 1.807) is 13.1 Å². The molecule has 15 heavy (non-hydrogen) atoms. The lowest BCUT2D eigenvalue weighted by molar-refractivity contribution is 0.0993. The van der Waals surface area contributed by atoms with Crippen LogP contribution in [-0.4, -0.2) is 16.1 Å². The molecule has 1 N–H and O–H groups in total. The van der Waals surface area contributed by atoms with Crippen LogP contribution < -0.4 is 0 Å². The summed E-state index contributed by atoms with van der Waals surface area (Å²) in [5.41, 5.74) is 1.57. The monoisotopic (exact) mass is 285 g/mol. The highest BCUT2D eigenvalue weighted by Gasteiger charge is 2.17. The van der Waals surface area contributed by atoms with Crippen LogP contribution in [0.15, 0.2) is 28.9 Å². The van der Waals surface area contributed by atoms with Crippen LogP contribution in [0.4, 0.5) is 0 Å². The Hall–Kier alpha value is -0.800. The van der Waals surface area contributed by atoms with Gasteiger partial charge < -0.3 is 4.98 Å². The smallest absolute Gasteiger partial charge is 0.182 e. The summed E-state index contributed by atoms with van der Waals surface area (Å²) in [6.07, 6.45) is 1.70. The zero-order valence-corrected chi connectivity index (χ0v) is 10.4. The van der Waals surface area contributed by atoms with Gasteiger partial charge in [-0.25, -0.2) is 0 Å². The van der Waals surface area contributed by atoms with Crippen molar-refractivity contribution in [1.82, 2.24) is 4.98 Å². The standard InChI is InChI=1S/C11H9BrClNO/c1-6(13)11(15)7-5-14-9-4-2-3-8(12)10(7)9/h2-6,14H,1H3. The molecule has 2 nitrogen and oxygen atoms in total. The zero-order valence-electron chi connectivity index (χ0n) is 8.05. The van der Waals surface area contributed by atoms with Gasteiger partial charge >= 0.3 is 0 Å². The third-order valence-electron chi connectivity index (χ3n) is 2.28. The Labute approximate surface area is 101 Å². The lowest BCUT2D eigenvalue weighted by atomic mass is 10.1. The molecular weight excluding hydrogens is 277 g/mol. The number of benzene rings is 1. The molecule has 0 saturated heterocycles. The molecule has 2 aromatic rings. The quantitative estimate of drug-likeness (QED) is 0.662. The molecule has 0 aliphatic carbocycles. The number of alkyl halides is 1. The summed E-state index contributed by atoms with van der Waals surface area (Å²) in [4.78, 5) is 14.9. The van der Waals surface area contributed by atoms with Crippen LogP contribution >= 0.6 is 27.5 Å². The van der Waals surface area contributed by atoms with Gasteiger partial charge in [-0.05, 0) is 19.1 Å². The van der Waals surface area contributed by atoms with Gasteiger partial charge in [-0.1, -0.05) is 22.0 Å². The van der Waals surface area contributed by atoms with E-state index >= 15 is 0 Å². The first-order chi connectivity index (χ1) is 7.11. The Bertz CT molecular complexity index is 518. The van der Waals surface area contributed by atoms with E-state index in [2.05, 4.69) is 20.9 Å². The Morgan fingerprint density at radius 3 is 2.93 bits per heavy atom. The number of H-pyrrole nitrogens is 1. The predicted molar refractivity (Wildman–Crippen MR) is 65.6 cm³/mol. The zero-order chi connectivity index (χ0) is 11.0. The number of aromatic nitrogens is 1. The van der Waals surface area contributed by atoms with Crippen molar-refractivity contribution in [3.05, 3.63) is 34.4 Å². The number of hydrogen-bond acceptors (Lipinski definition) is 1. The van der Waals surface area contributed by atoms with Crippen LogP contribution in [0.5, 0.6) is 0 Å². The van der Waals surface area contributed by atoms with Crippen molar-refractivity contribution < 1.29 is 4.79 Å². The van der Waals surface area contributed by atoms with E-state index in [-0.39, 0.29) is 5.78 Å². The van der Waals surface area contributed by atoms with Crippen molar-refractivity contribution in [1.29, 1.82) is 0 Å². The van der Waals surface area contributed by atoms with Crippen LogP contribution in [-0.2, 0) is 0 Å². The molecule has 1 atom stereocenters. The van der Waals surface area contributed by atoms with E-state index in [1.165, 1.54) is 0 Å². The number of nitrogens with one attached hydrogen (secondary N) is 1. The summed E-state index contributed by atoms with van der Waals surface area (Å²) in [6, 6.07) is 5.75. The Balaban J connectivity index is 2.67. The summed E-state index contributed by atoms with van der Waals surface area (Å²) in [7, 11) is 0. The van der Waals surface area contributed by atoms with E-state index in [0.29, 0.717) is 5.56 Å². The van der Waals surface area contributed by atoms with E-state index < -0.39 is 5.38 Å². The fourth-order valence-electron chi connectivity index (χ4n) is 1.55. The molecule has 0 fully saturated rings. The second-order valence-corrected chi connectivity index (χ2v) is 4.85. The van der Waals surface area contributed by atoms with Gasteiger partial charge in [0, 0.05) is 27.1 Å². The minimum absolute atomic E-state index is 0.0604. The number of ketones is 1. The summed E-state index contributed by atoms with van der Waals surface area (Å²) >= 11 is 9.22. The molecule has 0 spiro atoms. The summed E-state index contributed by atoms with van der Waals surface area (Å²) < 4.78 is 0.905.